The lowest BCUT2D eigenvalue weighted by molar-refractivity contribution is -0.0498. The summed E-state index contributed by atoms with van der Waals surface area (Å²) in [6.45, 7) is -2.51. The Morgan fingerprint density at radius 3 is 2.38 bits per heavy atom. The Balaban J connectivity index is 2.03. The average molecular weight is 364 g/mol. The molecule has 1 amide bonds. The number of hydrogen-bond donors (Lipinski definition) is 1. The van der Waals surface area contributed by atoms with Crippen LogP contribution in [0.1, 0.15) is 22.0 Å². The molecule has 0 aliphatic heterocycles. The van der Waals surface area contributed by atoms with E-state index in [1.807, 2.05) is 43.3 Å². The fourth-order valence-corrected chi connectivity index (χ4v) is 2.53. The quantitative estimate of drug-likeness (QED) is 0.781. The first-order valence-corrected chi connectivity index (χ1v) is 8.04. The zero-order chi connectivity index (χ0) is 19.1. The van der Waals surface area contributed by atoms with Crippen LogP contribution in [0.5, 0.6) is 11.5 Å². The number of nitrogens with zero attached hydrogens (tertiary/aromatic N) is 1. The van der Waals surface area contributed by atoms with Crippen molar-refractivity contribution < 1.29 is 23.0 Å². The molecule has 0 aliphatic carbocycles. The number of hydrogen-bond acceptors (Lipinski definition) is 4. The molecule has 26 heavy (non-hydrogen) atoms. The third kappa shape index (κ3) is 5.42. The van der Waals surface area contributed by atoms with Crippen molar-refractivity contribution in [3.05, 3.63) is 59.7 Å². The molecule has 0 saturated carbocycles. The standard InChI is InChI=1S/C19H22F2N2O3/c1-23(2)17(14-5-4-6-16(11-14)25-3)12-22-18(24)13-7-9-15(10-8-13)26-19(20)21/h4-11,17,19H,12H2,1-3H3,(H,22,24). The van der Waals surface area contributed by atoms with E-state index in [1.54, 1.807) is 7.11 Å². The van der Waals surface area contributed by atoms with E-state index in [-0.39, 0.29) is 17.7 Å². The van der Waals surface area contributed by atoms with Crippen molar-refractivity contribution in [2.45, 2.75) is 12.7 Å². The second-order valence-electron chi connectivity index (χ2n) is 5.87. The summed E-state index contributed by atoms with van der Waals surface area (Å²) in [5.41, 5.74) is 1.38. The van der Waals surface area contributed by atoms with Gasteiger partial charge in [0.05, 0.1) is 13.2 Å². The molecule has 0 heterocycles. The number of benzene rings is 2. The van der Waals surface area contributed by atoms with Gasteiger partial charge in [-0.2, -0.15) is 8.78 Å². The molecule has 0 radical (unpaired) electrons. The molecular formula is C19H22F2N2O3. The van der Waals surface area contributed by atoms with Gasteiger partial charge in [0.1, 0.15) is 11.5 Å². The Kier molecular flexibility index (Phi) is 6.91. The lowest BCUT2D eigenvalue weighted by atomic mass is 10.1. The maximum absolute atomic E-state index is 12.3. The molecule has 2 aromatic carbocycles. The SMILES string of the molecule is COc1cccc(C(CNC(=O)c2ccc(OC(F)F)cc2)N(C)C)c1. The smallest absolute Gasteiger partial charge is 0.387 e. The van der Waals surface area contributed by atoms with Crippen molar-refractivity contribution in [3.8, 4) is 11.5 Å². The van der Waals surface area contributed by atoms with Crippen molar-refractivity contribution in [1.29, 1.82) is 0 Å². The van der Waals surface area contributed by atoms with E-state index in [9.17, 15) is 13.6 Å². The minimum absolute atomic E-state index is 0.0131. The number of rotatable bonds is 8. The third-order valence-corrected chi connectivity index (χ3v) is 3.90. The summed E-state index contributed by atoms with van der Waals surface area (Å²) in [7, 11) is 5.45. The molecule has 0 aliphatic rings. The number of ether oxygens (including phenoxy) is 2. The van der Waals surface area contributed by atoms with Crippen molar-refractivity contribution in [1.82, 2.24) is 10.2 Å². The van der Waals surface area contributed by atoms with Gasteiger partial charge in [0.15, 0.2) is 0 Å². The lowest BCUT2D eigenvalue weighted by Gasteiger charge is -2.25. The predicted molar refractivity (Wildman–Crippen MR) is 94.8 cm³/mol. The molecule has 0 spiro atoms. The fourth-order valence-electron chi connectivity index (χ4n) is 2.53. The zero-order valence-corrected chi connectivity index (χ0v) is 14.9. The predicted octanol–water partition coefficient (Wildman–Crippen LogP) is 3.33. The van der Waals surface area contributed by atoms with Crippen LogP contribution < -0.4 is 14.8 Å². The van der Waals surface area contributed by atoms with Crippen LogP contribution in [0.3, 0.4) is 0 Å². The Morgan fingerprint density at radius 1 is 1.12 bits per heavy atom. The van der Waals surface area contributed by atoms with E-state index < -0.39 is 6.61 Å². The van der Waals surface area contributed by atoms with Gasteiger partial charge in [-0.25, -0.2) is 0 Å². The molecule has 1 atom stereocenters. The second-order valence-corrected chi connectivity index (χ2v) is 5.87. The van der Waals surface area contributed by atoms with Gasteiger partial charge < -0.3 is 19.7 Å². The monoisotopic (exact) mass is 364 g/mol. The molecule has 2 aromatic rings. The van der Waals surface area contributed by atoms with Crippen LogP contribution in [0, 0.1) is 0 Å². The van der Waals surface area contributed by atoms with Gasteiger partial charge >= 0.3 is 6.61 Å². The van der Waals surface area contributed by atoms with E-state index in [0.29, 0.717) is 12.1 Å². The fraction of sp³-hybridized carbons (Fsp3) is 0.316. The van der Waals surface area contributed by atoms with Crippen LogP contribution in [0.2, 0.25) is 0 Å². The van der Waals surface area contributed by atoms with Crippen LogP contribution in [0.15, 0.2) is 48.5 Å². The van der Waals surface area contributed by atoms with E-state index in [1.165, 1.54) is 24.3 Å². The molecule has 140 valence electrons. The first kappa shape index (κ1) is 19.7. The Hall–Kier alpha value is -2.67. The maximum atomic E-state index is 12.3. The minimum Gasteiger partial charge on any atom is -0.497 e. The molecule has 0 bridgehead atoms. The number of halogens is 2. The molecule has 2 rings (SSSR count). The van der Waals surface area contributed by atoms with E-state index in [4.69, 9.17) is 4.74 Å². The van der Waals surface area contributed by atoms with Gasteiger partial charge in [0.2, 0.25) is 0 Å². The van der Waals surface area contributed by atoms with Gasteiger partial charge in [-0.05, 0) is 56.1 Å². The van der Waals surface area contributed by atoms with Crippen LogP contribution in [-0.4, -0.2) is 45.2 Å². The molecule has 1 unspecified atom stereocenters. The summed E-state index contributed by atoms with van der Waals surface area (Å²) in [5.74, 6) is 0.470. The van der Waals surface area contributed by atoms with E-state index in [0.717, 1.165) is 11.3 Å². The molecule has 7 heteroatoms. The van der Waals surface area contributed by atoms with Gasteiger partial charge in [-0.3, -0.25) is 4.79 Å². The normalized spacial score (nSPS) is 12.1. The number of amides is 1. The highest BCUT2D eigenvalue weighted by Crippen LogP contribution is 2.22. The van der Waals surface area contributed by atoms with Crippen LogP contribution in [0.25, 0.3) is 0 Å². The topological polar surface area (TPSA) is 50.8 Å². The highest BCUT2D eigenvalue weighted by molar-refractivity contribution is 5.94. The molecule has 0 aromatic heterocycles. The second kappa shape index (κ2) is 9.15. The number of nitrogens with one attached hydrogen (secondary N) is 1. The van der Waals surface area contributed by atoms with E-state index in [2.05, 4.69) is 10.1 Å². The van der Waals surface area contributed by atoms with Crippen molar-refractivity contribution >= 4 is 5.91 Å². The third-order valence-electron chi connectivity index (χ3n) is 3.90. The summed E-state index contributed by atoms with van der Waals surface area (Å²) in [6.07, 6.45) is 0. The number of likely N-dealkylation sites (N-methyl/N-ethyl adjacent to an activating group) is 1. The highest BCUT2D eigenvalue weighted by Gasteiger charge is 2.17. The average Bonchev–Trinajstić information content (AvgIpc) is 2.61. The summed E-state index contributed by atoms with van der Waals surface area (Å²) in [5, 5.41) is 2.87. The van der Waals surface area contributed by atoms with Gasteiger partial charge in [0.25, 0.3) is 5.91 Å². The molecular weight excluding hydrogens is 342 g/mol. The minimum atomic E-state index is -2.89. The van der Waals surface area contributed by atoms with Crippen LogP contribution in [-0.2, 0) is 0 Å². The molecule has 0 fully saturated rings. The molecule has 0 saturated heterocycles. The number of carbonyl (C=O) groups is 1. The summed E-state index contributed by atoms with van der Waals surface area (Å²) in [6, 6.07) is 13.2. The van der Waals surface area contributed by atoms with Crippen molar-refractivity contribution in [2.75, 3.05) is 27.7 Å². The lowest BCUT2D eigenvalue weighted by Crippen LogP contribution is -2.34. The highest BCUT2D eigenvalue weighted by atomic mass is 19.3. The number of carbonyl (C=O) groups excluding carboxylic acids is 1. The van der Waals surface area contributed by atoms with Crippen LogP contribution in [0.4, 0.5) is 8.78 Å². The summed E-state index contributed by atoms with van der Waals surface area (Å²) >= 11 is 0. The van der Waals surface area contributed by atoms with Crippen LogP contribution >= 0.6 is 0 Å². The number of alkyl halides is 2. The van der Waals surface area contributed by atoms with Gasteiger partial charge in [-0.1, -0.05) is 12.1 Å². The largest absolute Gasteiger partial charge is 0.497 e. The van der Waals surface area contributed by atoms with Crippen molar-refractivity contribution in [2.24, 2.45) is 0 Å². The maximum Gasteiger partial charge on any atom is 0.387 e. The van der Waals surface area contributed by atoms with E-state index >= 15 is 0 Å². The first-order valence-electron chi connectivity index (χ1n) is 8.04. The van der Waals surface area contributed by atoms with Gasteiger partial charge in [-0.15, -0.1) is 0 Å². The zero-order valence-electron chi connectivity index (χ0n) is 14.9. The Labute approximate surface area is 151 Å². The summed E-state index contributed by atoms with van der Waals surface area (Å²) in [4.78, 5) is 14.3. The molecule has 5 nitrogen and oxygen atoms in total. The molecule has 1 N–H and O–H groups in total. The van der Waals surface area contributed by atoms with Crippen molar-refractivity contribution in [3.63, 3.8) is 0 Å². The Bertz CT molecular complexity index is 721. The van der Waals surface area contributed by atoms with Gasteiger partial charge in [0, 0.05) is 12.1 Å². The Morgan fingerprint density at radius 2 is 1.81 bits per heavy atom. The first-order chi connectivity index (χ1) is 12.4. The summed E-state index contributed by atoms with van der Waals surface area (Å²) < 4.78 is 33.9. The number of methoxy groups -OCH3 is 1.